The largest absolute Gasteiger partial charge is 0.481 e. The molecule has 0 aromatic carbocycles. The summed E-state index contributed by atoms with van der Waals surface area (Å²) in [6.45, 7) is 2.51. The Kier molecular flexibility index (Phi) is 3.10. The summed E-state index contributed by atoms with van der Waals surface area (Å²) in [5, 5.41) is 8.91. The van der Waals surface area contributed by atoms with Gasteiger partial charge in [0.25, 0.3) is 0 Å². The fraction of sp³-hybridized carbons (Fsp3) is 0.778. The minimum atomic E-state index is -0.842. The summed E-state index contributed by atoms with van der Waals surface area (Å²) in [7, 11) is 3.42. The van der Waals surface area contributed by atoms with Gasteiger partial charge in [-0.05, 0) is 14.0 Å². The fourth-order valence-electron chi connectivity index (χ4n) is 1.65. The summed E-state index contributed by atoms with van der Waals surface area (Å²) in [4.78, 5) is 25.7. The van der Waals surface area contributed by atoms with Crippen molar-refractivity contribution in [2.24, 2.45) is 5.92 Å². The van der Waals surface area contributed by atoms with Gasteiger partial charge in [-0.15, -0.1) is 0 Å². The molecule has 1 aliphatic heterocycles. The zero-order valence-corrected chi connectivity index (χ0v) is 8.73. The third-order valence-electron chi connectivity index (χ3n) is 2.75. The van der Waals surface area contributed by atoms with Crippen LogP contribution in [0.15, 0.2) is 0 Å². The monoisotopic (exact) mass is 200 g/mol. The van der Waals surface area contributed by atoms with Gasteiger partial charge in [0.1, 0.15) is 0 Å². The maximum atomic E-state index is 11.6. The molecular weight excluding hydrogens is 184 g/mol. The van der Waals surface area contributed by atoms with Gasteiger partial charge in [0.15, 0.2) is 0 Å². The summed E-state index contributed by atoms with van der Waals surface area (Å²) >= 11 is 0. The molecule has 1 aliphatic rings. The average molecular weight is 200 g/mol. The number of likely N-dealkylation sites (N-methyl/N-ethyl adjacent to an activating group) is 2. The molecule has 0 spiro atoms. The summed E-state index contributed by atoms with van der Waals surface area (Å²) in [6, 6.07) is -0.232. The molecule has 1 amide bonds. The van der Waals surface area contributed by atoms with Gasteiger partial charge in [0.2, 0.25) is 5.91 Å². The summed E-state index contributed by atoms with van der Waals surface area (Å²) < 4.78 is 0. The second kappa shape index (κ2) is 3.96. The molecule has 2 atom stereocenters. The molecule has 0 saturated carbocycles. The van der Waals surface area contributed by atoms with Crippen LogP contribution in [0.3, 0.4) is 0 Å². The van der Waals surface area contributed by atoms with E-state index >= 15 is 0 Å². The van der Waals surface area contributed by atoms with E-state index in [0.717, 1.165) is 0 Å². The minimum absolute atomic E-state index is 0.0174. The molecule has 0 radical (unpaired) electrons. The van der Waals surface area contributed by atoms with Crippen molar-refractivity contribution in [2.45, 2.75) is 13.0 Å². The Hall–Kier alpha value is -1.10. The molecule has 0 aliphatic carbocycles. The summed E-state index contributed by atoms with van der Waals surface area (Å²) in [6.07, 6.45) is 0. The van der Waals surface area contributed by atoms with E-state index in [1.807, 2.05) is 0 Å². The third-order valence-corrected chi connectivity index (χ3v) is 2.75. The first-order chi connectivity index (χ1) is 6.43. The Morgan fingerprint density at radius 2 is 2.00 bits per heavy atom. The van der Waals surface area contributed by atoms with Crippen molar-refractivity contribution in [3.8, 4) is 0 Å². The van der Waals surface area contributed by atoms with E-state index < -0.39 is 11.9 Å². The Balaban J connectivity index is 2.82. The number of carboxylic acids is 1. The predicted molar refractivity (Wildman–Crippen MR) is 50.9 cm³/mol. The summed E-state index contributed by atoms with van der Waals surface area (Å²) in [5.74, 6) is -1.35. The van der Waals surface area contributed by atoms with E-state index in [0.29, 0.717) is 13.1 Å². The van der Waals surface area contributed by atoms with Gasteiger partial charge in [-0.1, -0.05) is 0 Å². The number of hydrogen-bond acceptors (Lipinski definition) is 3. The number of carbonyl (C=O) groups is 2. The molecule has 5 heteroatoms. The topological polar surface area (TPSA) is 60.9 Å². The Bertz CT molecular complexity index is 254. The van der Waals surface area contributed by atoms with Crippen LogP contribution < -0.4 is 0 Å². The van der Waals surface area contributed by atoms with Crippen LogP contribution in [0.25, 0.3) is 0 Å². The van der Waals surface area contributed by atoms with Crippen LogP contribution in [0.4, 0.5) is 0 Å². The van der Waals surface area contributed by atoms with Crippen LogP contribution in [0.2, 0.25) is 0 Å². The number of nitrogens with zero attached hydrogens (tertiary/aromatic N) is 2. The highest BCUT2D eigenvalue weighted by Gasteiger charge is 2.32. The molecule has 0 aromatic heterocycles. The predicted octanol–water partition coefficient (Wildman–Crippen LogP) is -0.520. The van der Waals surface area contributed by atoms with Gasteiger partial charge in [0.05, 0.1) is 12.0 Å². The molecule has 1 N–H and O–H groups in total. The molecule has 1 fully saturated rings. The highest BCUT2D eigenvalue weighted by atomic mass is 16.4. The van der Waals surface area contributed by atoms with Crippen molar-refractivity contribution in [3.05, 3.63) is 0 Å². The Morgan fingerprint density at radius 1 is 1.43 bits per heavy atom. The first-order valence-corrected chi connectivity index (χ1v) is 4.61. The lowest BCUT2D eigenvalue weighted by atomic mass is 10.1. The third kappa shape index (κ3) is 2.04. The number of rotatable bonds is 1. The quantitative estimate of drug-likeness (QED) is 0.618. The zero-order chi connectivity index (χ0) is 10.9. The number of amides is 1. The number of aliphatic carboxylic acids is 1. The van der Waals surface area contributed by atoms with Crippen LogP contribution in [-0.4, -0.2) is 60.0 Å². The molecule has 14 heavy (non-hydrogen) atoms. The second-order valence-electron chi connectivity index (χ2n) is 3.87. The Labute approximate surface area is 83.3 Å². The molecule has 0 aromatic rings. The fourth-order valence-corrected chi connectivity index (χ4v) is 1.65. The lowest BCUT2D eigenvalue weighted by Gasteiger charge is -2.21. The first kappa shape index (κ1) is 11.0. The normalized spacial score (nSPS) is 30.2. The SMILES string of the molecule is CC1C(=O)N(C)CC(C(=O)O)CN1C. The summed E-state index contributed by atoms with van der Waals surface area (Å²) in [5.41, 5.74) is 0. The second-order valence-corrected chi connectivity index (χ2v) is 3.87. The zero-order valence-electron chi connectivity index (χ0n) is 8.73. The van der Waals surface area contributed by atoms with Crippen LogP contribution in [-0.2, 0) is 9.59 Å². The first-order valence-electron chi connectivity index (χ1n) is 4.61. The molecule has 2 unspecified atom stereocenters. The van der Waals surface area contributed by atoms with Crippen molar-refractivity contribution in [1.82, 2.24) is 9.80 Å². The lowest BCUT2D eigenvalue weighted by Crippen LogP contribution is -2.40. The molecule has 80 valence electrons. The standard InChI is InChI=1S/C9H16N2O3/c1-6-8(12)11(3)5-7(9(13)14)4-10(6)2/h6-7H,4-5H2,1-3H3,(H,13,14). The minimum Gasteiger partial charge on any atom is -0.481 e. The van der Waals surface area contributed by atoms with Gasteiger partial charge in [-0.2, -0.15) is 0 Å². The highest BCUT2D eigenvalue weighted by molar-refractivity contribution is 5.82. The highest BCUT2D eigenvalue weighted by Crippen LogP contribution is 2.12. The van der Waals surface area contributed by atoms with E-state index in [-0.39, 0.29) is 11.9 Å². The van der Waals surface area contributed by atoms with E-state index in [9.17, 15) is 9.59 Å². The van der Waals surface area contributed by atoms with Gasteiger partial charge in [-0.3, -0.25) is 14.5 Å². The van der Waals surface area contributed by atoms with Crippen molar-refractivity contribution in [3.63, 3.8) is 0 Å². The molecule has 1 saturated heterocycles. The molecular formula is C9H16N2O3. The van der Waals surface area contributed by atoms with Gasteiger partial charge in [-0.25, -0.2) is 0 Å². The molecule has 5 nitrogen and oxygen atoms in total. The van der Waals surface area contributed by atoms with E-state index in [4.69, 9.17) is 5.11 Å². The van der Waals surface area contributed by atoms with Crippen LogP contribution in [0, 0.1) is 5.92 Å². The molecule has 1 rings (SSSR count). The number of carbonyl (C=O) groups excluding carboxylic acids is 1. The van der Waals surface area contributed by atoms with E-state index in [1.165, 1.54) is 4.90 Å². The van der Waals surface area contributed by atoms with E-state index in [2.05, 4.69) is 0 Å². The lowest BCUT2D eigenvalue weighted by molar-refractivity contribution is -0.142. The van der Waals surface area contributed by atoms with Crippen molar-refractivity contribution in [2.75, 3.05) is 27.2 Å². The number of hydrogen-bond donors (Lipinski definition) is 1. The van der Waals surface area contributed by atoms with Crippen molar-refractivity contribution >= 4 is 11.9 Å². The van der Waals surface area contributed by atoms with Crippen molar-refractivity contribution in [1.29, 1.82) is 0 Å². The van der Waals surface area contributed by atoms with Gasteiger partial charge < -0.3 is 10.0 Å². The van der Waals surface area contributed by atoms with Crippen molar-refractivity contribution < 1.29 is 14.7 Å². The Morgan fingerprint density at radius 3 is 2.50 bits per heavy atom. The van der Waals surface area contributed by atoms with E-state index in [1.54, 1.807) is 25.9 Å². The smallest absolute Gasteiger partial charge is 0.309 e. The average Bonchev–Trinajstić information content (AvgIpc) is 2.20. The van der Waals surface area contributed by atoms with Crippen LogP contribution in [0.5, 0.6) is 0 Å². The maximum absolute atomic E-state index is 11.6. The molecule has 1 heterocycles. The number of carboxylic acid groups (broad SMARTS) is 1. The van der Waals surface area contributed by atoms with Gasteiger partial charge in [0, 0.05) is 20.1 Å². The van der Waals surface area contributed by atoms with Crippen LogP contribution in [0.1, 0.15) is 6.92 Å². The maximum Gasteiger partial charge on any atom is 0.309 e. The molecule has 0 bridgehead atoms. The van der Waals surface area contributed by atoms with Crippen LogP contribution >= 0.6 is 0 Å². The van der Waals surface area contributed by atoms with Gasteiger partial charge >= 0.3 is 5.97 Å².